The van der Waals surface area contributed by atoms with Crippen molar-refractivity contribution < 1.29 is 22.4 Å². The smallest absolute Gasteiger partial charge is 0.324 e. The van der Waals surface area contributed by atoms with Crippen molar-refractivity contribution in [3.63, 3.8) is 0 Å². The van der Waals surface area contributed by atoms with Crippen LogP contribution in [0.25, 0.3) is 0 Å². The minimum atomic E-state index is -4.05. The number of carbonyl (C=O) groups excluding carboxylic acids is 2. The summed E-state index contributed by atoms with van der Waals surface area (Å²) in [6.45, 7) is 0.0599. The second-order valence-electron chi connectivity index (χ2n) is 5.37. The van der Waals surface area contributed by atoms with Gasteiger partial charge in [-0.2, -0.15) is 0 Å². The quantitative estimate of drug-likeness (QED) is 0.790. The van der Waals surface area contributed by atoms with Crippen LogP contribution >= 0.6 is 0 Å². The van der Waals surface area contributed by atoms with Crippen molar-refractivity contribution in [2.24, 2.45) is 0 Å². The van der Waals surface area contributed by atoms with Gasteiger partial charge in [0, 0.05) is 5.69 Å². The monoisotopic (exact) mass is 363 g/mol. The third-order valence-corrected chi connectivity index (χ3v) is 5.02. The second-order valence-corrected chi connectivity index (χ2v) is 7.02. The Balaban J connectivity index is 1.74. The molecule has 3 rings (SSSR count). The van der Waals surface area contributed by atoms with Crippen molar-refractivity contribution in [3.8, 4) is 0 Å². The summed E-state index contributed by atoms with van der Waals surface area (Å²) in [5.74, 6) is -1.17. The van der Waals surface area contributed by atoms with E-state index in [1.165, 1.54) is 30.3 Å². The molecule has 25 heavy (non-hydrogen) atoms. The molecule has 9 heteroatoms. The zero-order chi connectivity index (χ0) is 18.0. The van der Waals surface area contributed by atoms with Crippen LogP contribution in [0.2, 0.25) is 0 Å². The summed E-state index contributed by atoms with van der Waals surface area (Å²) >= 11 is 0. The summed E-state index contributed by atoms with van der Waals surface area (Å²) in [4.78, 5) is 23.7. The van der Waals surface area contributed by atoms with Gasteiger partial charge in [-0.25, -0.2) is 17.6 Å². The number of nitrogens with one attached hydrogen (secondary N) is 2. The summed E-state index contributed by atoms with van der Waals surface area (Å²) in [6, 6.07) is 10.7. The maximum atomic E-state index is 13.7. The molecule has 3 amide bonds. The Kier molecular flexibility index (Phi) is 4.41. The average molecular weight is 363 g/mol. The normalized spacial score (nSPS) is 14.5. The fraction of sp³-hybridized carbons (Fsp3) is 0.125. The van der Waals surface area contributed by atoms with Crippen LogP contribution in [-0.2, 0) is 21.4 Å². The van der Waals surface area contributed by atoms with E-state index < -0.39 is 26.8 Å². The van der Waals surface area contributed by atoms with Crippen molar-refractivity contribution >= 4 is 27.6 Å². The third kappa shape index (κ3) is 3.61. The Labute approximate surface area is 143 Å². The van der Waals surface area contributed by atoms with E-state index in [9.17, 15) is 22.4 Å². The Bertz CT molecular complexity index is 913. The van der Waals surface area contributed by atoms with E-state index in [0.717, 1.165) is 11.0 Å². The number of hydrogen-bond acceptors (Lipinski definition) is 4. The molecule has 0 unspecified atom stereocenters. The van der Waals surface area contributed by atoms with Crippen LogP contribution in [0.15, 0.2) is 53.4 Å². The lowest BCUT2D eigenvalue weighted by atomic mass is 10.2. The second kappa shape index (κ2) is 6.52. The van der Waals surface area contributed by atoms with Gasteiger partial charge in [0.2, 0.25) is 5.91 Å². The van der Waals surface area contributed by atoms with Gasteiger partial charge in [0.05, 0.1) is 13.1 Å². The van der Waals surface area contributed by atoms with E-state index in [-0.39, 0.29) is 24.7 Å². The van der Waals surface area contributed by atoms with Gasteiger partial charge in [-0.3, -0.25) is 14.4 Å². The largest absolute Gasteiger partial charge is 0.329 e. The fourth-order valence-electron chi connectivity index (χ4n) is 2.35. The summed E-state index contributed by atoms with van der Waals surface area (Å²) < 4.78 is 40.4. The summed E-state index contributed by atoms with van der Waals surface area (Å²) in [5.41, 5.74) is 0.892. The molecule has 0 radical (unpaired) electrons. The van der Waals surface area contributed by atoms with Crippen molar-refractivity contribution in [1.29, 1.82) is 0 Å². The number of imide groups is 1. The topological polar surface area (TPSA) is 95.6 Å². The first kappa shape index (κ1) is 16.9. The fourth-order valence-corrected chi connectivity index (χ4v) is 3.49. The van der Waals surface area contributed by atoms with Crippen molar-refractivity contribution in [1.82, 2.24) is 10.2 Å². The van der Waals surface area contributed by atoms with E-state index in [0.29, 0.717) is 5.56 Å². The lowest BCUT2D eigenvalue weighted by Gasteiger charge is -2.13. The van der Waals surface area contributed by atoms with Gasteiger partial charge in [-0.15, -0.1) is 0 Å². The van der Waals surface area contributed by atoms with Crippen LogP contribution in [0.1, 0.15) is 5.56 Å². The van der Waals surface area contributed by atoms with Gasteiger partial charge < -0.3 is 5.32 Å². The molecule has 0 spiro atoms. The maximum absolute atomic E-state index is 13.7. The van der Waals surface area contributed by atoms with Gasteiger partial charge >= 0.3 is 6.03 Å². The zero-order valence-electron chi connectivity index (χ0n) is 12.9. The molecule has 1 saturated heterocycles. The Hall–Kier alpha value is -2.94. The van der Waals surface area contributed by atoms with E-state index >= 15 is 0 Å². The molecule has 2 N–H and O–H groups in total. The Morgan fingerprint density at radius 3 is 2.36 bits per heavy atom. The van der Waals surface area contributed by atoms with Gasteiger partial charge in [0.25, 0.3) is 10.0 Å². The molecule has 2 aromatic rings. The number of amides is 3. The number of urea groups is 1. The van der Waals surface area contributed by atoms with Gasteiger partial charge in [0.15, 0.2) is 0 Å². The molecular weight excluding hydrogens is 349 g/mol. The van der Waals surface area contributed by atoms with E-state index in [1.807, 2.05) is 0 Å². The average Bonchev–Trinajstić information content (AvgIpc) is 2.88. The molecular formula is C16H14FN3O4S. The van der Waals surface area contributed by atoms with Crippen LogP contribution in [0, 0.1) is 5.82 Å². The Morgan fingerprint density at radius 2 is 1.76 bits per heavy atom. The lowest BCUT2D eigenvalue weighted by molar-refractivity contribution is -0.125. The molecule has 1 aliphatic heterocycles. The van der Waals surface area contributed by atoms with Crippen molar-refractivity contribution in [2.45, 2.75) is 11.4 Å². The molecule has 1 fully saturated rings. The molecule has 0 aliphatic carbocycles. The number of anilines is 1. The lowest BCUT2D eigenvalue weighted by Crippen LogP contribution is -2.30. The predicted molar refractivity (Wildman–Crippen MR) is 87.6 cm³/mol. The van der Waals surface area contributed by atoms with E-state index in [4.69, 9.17) is 0 Å². The van der Waals surface area contributed by atoms with Crippen LogP contribution in [0.4, 0.5) is 14.9 Å². The molecule has 2 aromatic carbocycles. The third-order valence-electron chi connectivity index (χ3n) is 3.61. The summed E-state index contributed by atoms with van der Waals surface area (Å²) in [7, 11) is -4.05. The number of sulfonamides is 1. The number of carbonyl (C=O) groups is 2. The van der Waals surface area contributed by atoms with Gasteiger partial charge in [-0.1, -0.05) is 24.3 Å². The molecule has 1 heterocycles. The van der Waals surface area contributed by atoms with Gasteiger partial charge in [-0.05, 0) is 29.8 Å². The number of hydrogen-bond donors (Lipinski definition) is 2. The van der Waals surface area contributed by atoms with Crippen LogP contribution in [0.3, 0.4) is 0 Å². The van der Waals surface area contributed by atoms with Crippen LogP contribution in [0.5, 0.6) is 0 Å². The minimum Gasteiger partial charge on any atom is -0.329 e. The number of rotatable bonds is 5. The molecule has 130 valence electrons. The molecule has 1 aliphatic rings. The first-order valence-electron chi connectivity index (χ1n) is 7.31. The summed E-state index contributed by atoms with van der Waals surface area (Å²) in [6.07, 6.45) is 0. The van der Waals surface area contributed by atoms with Crippen LogP contribution in [-0.4, -0.2) is 31.8 Å². The molecule has 0 atom stereocenters. The standard InChI is InChI=1S/C16H14FN3O4S/c17-13-3-1-2-4-14(13)25(23,24)19-12-7-5-11(6-8-12)10-20-15(21)9-18-16(20)22/h1-8,19H,9-10H2,(H,18,22). The molecule has 0 saturated carbocycles. The molecule has 0 aromatic heterocycles. The first-order valence-corrected chi connectivity index (χ1v) is 8.79. The van der Waals surface area contributed by atoms with E-state index in [1.54, 1.807) is 12.1 Å². The van der Waals surface area contributed by atoms with Gasteiger partial charge in [0.1, 0.15) is 10.7 Å². The number of benzene rings is 2. The number of halogens is 1. The highest BCUT2D eigenvalue weighted by Gasteiger charge is 2.28. The minimum absolute atomic E-state index is 0.0284. The highest BCUT2D eigenvalue weighted by Crippen LogP contribution is 2.19. The van der Waals surface area contributed by atoms with Crippen LogP contribution < -0.4 is 10.0 Å². The summed E-state index contributed by atoms with van der Waals surface area (Å²) in [5, 5.41) is 2.42. The maximum Gasteiger partial charge on any atom is 0.324 e. The SMILES string of the molecule is O=C1CNC(=O)N1Cc1ccc(NS(=O)(=O)c2ccccc2F)cc1. The van der Waals surface area contributed by atoms with Crippen molar-refractivity contribution in [3.05, 3.63) is 59.9 Å². The highest BCUT2D eigenvalue weighted by molar-refractivity contribution is 7.92. The Morgan fingerprint density at radius 1 is 1.08 bits per heavy atom. The molecule has 0 bridgehead atoms. The van der Waals surface area contributed by atoms with Crippen molar-refractivity contribution in [2.75, 3.05) is 11.3 Å². The highest BCUT2D eigenvalue weighted by atomic mass is 32.2. The predicted octanol–water partition coefficient (Wildman–Crippen LogP) is 1.68. The zero-order valence-corrected chi connectivity index (χ0v) is 13.7. The van der Waals surface area contributed by atoms with E-state index in [2.05, 4.69) is 10.0 Å². The first-order chi connectivity index (χ1) is 11.9. The molecule has 7 nitrogen and oxygen atoms in total. The number of nitrogens with zero attached hydrogens (tertiary/aromatic N) is 1.